The molecule has 6 heteroatoms. The fourth-order valence-electron chi connectivity index (χ4n) is 3.50. The zero-order valence-corrected chi connectivity index (χ0v) is 18.9. The van der Waals surface area contributed by atoms with Gasteiger partial charge in [-0.3, -0.25) is 0 Å². The summed E-state index contributed by atoms with van der Waals surface area (Å²) < 4.78 is 13.7. The van der Waals surface area contributed by atoms with Crippen LogP contribution >= 0.6 is 12.2 Å². The standard InChI is InChI=1S/C23H29N3O2S/c1-7-16-10-8-9-15(2)18(16)13-28-20-12-17(23(29)25(3)4)11-19-22(20)24-21(14-27-6)26(19)5/h8-12H,7,13-14H2,1-6H3. The topological polar surface area (TPSA) is 39.5 Å². The zero-order chi connectivity index (χ0) is 21.1. The molecule has 0 aliphatic heterocycles. The summed E-state index contributed by atoms with van der Waals surface area (Å²) in [7, 11) is 7.57. The second-order valence-electron chi connectivity index (χ2n) is 7.42. The van der Waals surface area contributed by atoms with Gasteiger partial charge >= 0.3 is 0 Å². The van der Waals surface area contributed by atoms with Gasteiger partial charge in [-0.2, -0.15) is 0 Å². The Morgan fingerprint density at radius 1 is 1.21 bits per heavy atom. The lowest BCUT2D eigenvalue weighted by Gasteiger charge is -2.17. The molecule has 1 heterocycles. The van der Waals surface area contributed by atoms with Crippen molar-refractivity contribution in [2.24, 2.45) is 7.05 Å². The van der Waals surface area contributed by atoms with Crippen molar-refractivity contribution in [3.8, 4) is 5.75 Å². The lowest BCUT2D eigenvalue weighted by atomic mass is 10.0. The van der Waals surface area contributed by atoms with Crippen LogP contribution in [0.2, 0.25) is 0 Å². The summed E-state index contributed by atoms with van der Waals surface area (Å²) in [6.07, 6.45) is 0.974. The van der Waals surface area contributed by atoms with Gasteiger partial charge in [-0.15, -0.1) is 0 Å². The van der Waals surface area contributed by atoms with Crippen molar-refractivity contribution in [3.05, 3.63) is 58.4 Å². The molecule has 5 nitrogen and oxygen atoms in total. The Balaban J connectivity index is 2.08. The maximum atomic E-state index is 6.35. The minimum absolute atomic E-state index is 0.440. The van der Waals surface area contributed by atoms with Crippen molar-refractivity contribution in [2.45, 2.75) is 33.5 Å². The summed E-state index contributed by atoms with van der Waals surface area (Å²) in [5, 5.41) is 0. The van der Waals surface area contributed by atoms with Crippen LogP contribution in [0.5, 0.6) is 5.75 Å². The minimum Gasteiger partial charge on any atom is -0.487 e. The molecule has 3 aromatic rings. The Morgan fingerprint density at radius 3 is 2.62 bits per heavy atom. The Morgan fingerprint density at radius 2 is 1.97 bits per heavy atom. The Labute approximate surface area is 178 Å². The SMILES string of the molecule is CCc1cccc(C)c1COc1cc(C(=S)N(C)C)cc2c1nc(COC)n2C. The number of aromatic nitrogens is 2. The van der Waals surface area contributed by atoms with E-state index in [4.69, 9.17) is 26.7 Å². The van der Waals surface area contributed by atoms with E-state index in [0.29, 0.717) is 13.2 Å². The average molecular weight is 412 g/mol. The molecule has 0 radical (unpaired) electrons. The number of methoxy groups -OCH3 is 1. The third-order valence-electron chi connectivity index (χ3n) is 5.23. The van der Waals surface area contributed by atoms with Gasteiger partial charge in [0.1, 0.15) is 35.3 Å². The van der Waals surface area contributed by atoms with Crippen LogP contribution in [-0.4, -0.2) is 40.6 Å². The van der Waals surface area contributed by atoms with E-state index in [-0.39, 0.29) is 0 Å². The number of ether oxygens (including phenoxy) is 2. The number of benzene rings is 2. The van der Waals surface area contributed by atoms with Crippen molar-refractivity contribution in [1.82, 2.24) is 14.5 Å². The third-order valence-corrected chi connectivity index (χ3v) is 5.83. The minimum atomic E-state index is 0.440. The molecular weight excluding hydrogens is 382 g/mol. The molecule has 0 N–H and O–H groups in total. The van der Waals surface area contributed by atoms with Crippen LogP contribution in [0.15, 0.2) is 30.3 Å². The molecule has 0 fully saturated rings. The second kappa shape index (κ2) is 8.93. The molecule has 0 atom stereocenters. The normalized spacial score (nSPS) is 11.1. The first-order chi connectivity index (χ1) is 13.9. The van der Waals surface area contributed by atoms with E-state index in [0.717, 1.165) is 39.6 Å². The van der Waals surface area contributed by atoms with Gasteiger partial charge in [-0.1, -0.05) is 37.3 Å². The van der Waals surface area contributed by atoms with Crippen LogP contribution in [0.1, 0.15) is 35.0 Å². The predicted octanol–water partition coefficient (Wildman–Crippen LogP) is 4.41. The van der Waals surface area contributed by atoms with E-state index >= 15 is 0 Å². The first kappa shape index (κ1) is 21.3. The number of aryl methyl sites for hydroxylation is 3. The fourth-order valence-corrected chi connectivity index (χ4v) is 3.62. The first-order valence-corrected chi connectivity index (χ1v) is 10.2. The van der Waals surface area contributed by atoms with Crippen molar-refractivity contribution in [2.75, 3.05) is 21.2 Å². The maximum Gasteiger partial charge on any atom is 0.148 e. The second-order valence-corrected chi connectivity index (χ2v) is 7.80. The van der Waals surface area contributed by atoms with Crippen LogP contribution in [0.3, 0.4) is 0 Å². The zero-order valence-electron chi connectivity index (χ0n) is 18.1. The number of hydrogen-bond donors (Lipinski definition) is 0. The molecule has 29 heavy (non-hydrogen) atoms. The summed E-state index contributed by atoms with van der Waals surface area (Å²) in [5.74, 6) is 1.59. The highest BCUT2D eigenvalue weighted by atomic mass is 32.1. The molecule has 3 rings (SSSR count). The monoisotopic (exact) mass is 411 g/mol. The van der Waals surface area contributed by atoms with Crippen LogP contribution in [-0.2, 0) is 31.4 Å². The van der Waals surface area contributed by atoms with Gasteiger partial charge in [0.25, 0.3) is 0 Å². The van der Waals surface area contributed by atoms with E-state index in [1.165, 1.54) is 16.7 Å². The van der Waals surface area contributed by atoms with E-state index in [9.17, 15) is 0 Å². The van der Waals surface area contributed by atoms with Gasteiger partial charge in [0.2, 0.25) is 0 Å². The van der Waals surface area contributed by atoms with Gasteiger partial charge in [-0.25, -0.2) is 4.98 Å². The summed E-state index contributed by atoms with van der Waals surface area (Å²) in [6, 6.07) is 10.5. The Kier molecular flexibility index (Phi) is 6.55. The Hall–Kier alpha value is -2.44. The molecule has 0 amide bonds. The van der Waals surface area contributed by atoms with E-state index in [1.807, 2.05) is 36.7 Å². The van der Waals surface area contributed by atoms with Crippen molar-refractivity contribution in [1.29, 1.82) is 0 Å². The molecule has 0 aliphatic rings. The van der Waals surface area contributed by atoms with Gasteiger partial charge in [0.05, 0.1) is 5.52 Å². The summed E-state index contributed by atoms with van der Waals surface area (Å²) >= 11 is 5.62. The summed E-state index contributed by atoms with van der Waals surface area (Å²) in [5.41, 5.74) is 6.53. The molecule has 154 valence electrons. The molecule has 2 aromatic carbocycles. The fraction of sp³-hybridized carbons (Fsp3) is 0.391. The smallest absolute Gasteiger partial charge is 0.148 e. The maximum absolute atomic E-state index is 6.35. The molecule has 0 spiro atoms. The van der Waals surface area contributed by atoms with E-state index < -0.39 is 0 Å². The lowest BCUT2D eigenvalue weighted by Crippen LogP contribution is -2.20. The quantitative estimate of drug-likeness (QED) is 0.539. The molecule has 0 aliphatic carbocycles. The Bertz CT molecular complexity index is 1040. The molecule has 0 unspecified atom stereocenters. The highest BCUT2D eigenvalue weighted by Crippen LogP contribution is 2.30. The van der Waals surface area contributed by atoms with Crippen LogP contribution in [0.25, 0.3) is 11.0 Å². The lowest BCUT2D eigenvalue weighted by molar-refractivity contribution is 0.175. The third kappa shape index (κ3) is 4.28. The highest BCUT2D eigenvalue weighted by molar-refractivity contribution is 7.80. The molecule has 0 saturated carbocycles. The van der Waals surface area contributed by atoms with E-state index in [1.54, 1.807) is 7.11 Å². The van der Waals surface area contributed by atoms with E-state index in [2.05, 4.69) is 38.1 Å². The number of imidazole rings is 1. The van der Waals surface area contributed by atoms with Gasteiger partial charge in [0, 0.05) is 33.8 Å². The van der Waals surface area contributed by atoms with Crippen LogP contribution < -0.4 is 4.74 Å². The largest absolute Gasteiger partial charge is 0.487 e. The predicted molar refractivity (Wildman–Crippen MR) is 122 cm³/mol. The number of thiocarbonyl (C=S) groups is 1. The van der Waals surface area contributed by atoms with Crippen molar-refractivity contribution < 1.29 is 9.47 Å². The molecular formula is C23H29N3O2S. The van der Waals surface area contributed by atoms with Crippen molar-refractivity contribution in [3.63, 3.8) is 0 Å². The number of fused-ring (bicyclic) bond motifs is 1. The average Bonchev–Trinajstić information content (AvgIpc) is 3.02. The molecule has 0 bridgehead atoms. The van der Waals surface area contributed by atoms with Gasteiger partial charge in [0.15, 0.2) is 0 Å². The number of hydrogen-bond acceptors (Lipinski definition) is 4. The summed E-state index contributed by atoms with van der Waals surface area (Å²) in [6.45, 7) is 5.24. The summed E-state index contributed by atoms with van der Waals surface area (Å²) in [4.78, 5) is 7.47. The number of nitrogens with zero attached hydrogens (tertiary/aromatic N) is 3. The first-order valence-electron chi connectivity index (χ1n) is 9.77. The molecule has 0 saturated heterocycles. The molecule has 1 aromatic heterocycles. The number of rotatable bonds is 7. The van der Waals surface area contributed by atoms with Crippen LogP contribution in [0, 0.1) is 6.92 Å². The van der Waals surface area contributed by atoms with Gasteiger partial charge in [-0.05, 0) is 42.2 Å². The highest BCUT2D eigenvalue weighted by Gasteiger charge is 2.17. The van der Waals surface area contributed by atoms with Gasteiger partial charge < -0.3 is 18.9 Å². The van der Waals surface area contributed by atoms with Crippen LogP contribution in [0.4, 0.5) is 0 Å². The van der Waals surface area contributed by atoms with Crippen molar-refractivity contribution >= 4 is 28.2 Å².